The van der Waals surface area contributed by atoms with Crippen molar-refractivity contribution in [3.63, 3.8) is 0 Å². The molecule has 5 heteroatoms. The summed E-state index contributed by atoms with van der Waals surface area (Å²) in [6.45, 7) is 0. The Morgan fingerprint density at radius 3 is 2.85 bits per heavy atom. The summed E-state index contributed by atoms with van der Waals surface area (Å²) in [5, 5.41) is 9.32. The minimum absolute atomic E-state index is 0.292. The molecule has 4 nitrogen and oxygen atoms in total. The van der Waals surface area contributed by atoms with Crippen LogP contribution in [-0.2, 0) is 4.79 Å². The molecule has 2 aliphatic heterocycles. The van der Waals surface area contributed by atoms with Crippen LogP contribution in [0.4, 0.5) is 0 Å². The lowest BCUT2D eigenvalue weighted by Gasteiger charge is -2.21. The SMILES string of the molecule is CN1C([SH]2C=CC=C2)=NNC1C=O. The molecule has 1 N–H and O–H groups in total. The molecule has 0 radical (unpaired) electrons. The van der Waals surface area contributed by atoms with E-state index in [9.17, 15) is 4.79 Å². The third kappa shape index (κ3) is 1.35. The summed E-state index contributed by atoms with van der Waals surface area (Å²) < 4.78 is 0. The van der Waals surface area contributed by atoms with E-state index in [4.69, 9.17) is 0 Å². The molecule has 0 spiro atoms. The summed E-state index contributed by atoms with van der Waals surface area (Å²) >= 11 is 0. The van der Waals surface area contributed by atoms with Crippen LogP contribution in [0.5, 0.6) is 0 Å². The molecule has 0 aromatic heterocycles. The second kappa shape index (κ2) is 3.26. The van der Waals surface area contributed by atoms with E-state index in [0.29, 0.717) is 0 Å². The summed E-state index contributed by atoms with van der Waals surface area (Å²) in [7, 11) is 1.45. The molecule has 70 valence electrons. The zero-order valence-electron chi connectivity index (χ0n) is 7.21. The average molecular weight is 197 g/mol. The van der Waals surface area contributed by atoms with Gasteiger partial charge in [0.1, 0.15) is 0 Å². The Morgan fingerprint density at radius 2 is 2.31 bits per heavy atom. The molecular formula is C8H11N3OS. The Hall–Kier alpha value is -1.23. The molecule has 1 unspecified atom stereocenters. The second-order valence-corrected chi connectivity index (χ2v) is 4.63. The number of hydrogen-bond acceptors (Lipinski definition) is 4. The molecule has 1 atom stereocenters. The Kier molecular flexibility index (Phi) is 2.10. The molecular weight excluding hydrogens is 186 g/mol. The zero-order valence-corrected chi connectivity index (χ0v) is 8.11. The normalized spacial score (nSPS) is 27.8. The van der Waals surface area contributed by atoms with Gasteiger partial charge in [-0.2, -0.15) is 16.0 Å². The first-order valence-electron chi connectivity index (χ1n) is 3.97. The maximum atomic E-state index is 10.6. The van der Waals surface area contributed by atoms with Gasteiger partial charge < -0.3 is 4.90 Å². The van der Waals surface area contributed by atoms with Gasteiger partial charge in [-0.3, -0.25) is 10.2 Å². The van der Waals surface area contributed by atoms with Crippen molar-refractivity contribution in [2.75, 3.05) is 7.05 Å². The van der Waals surface area contributed by atoms with Crippen molar-refractivity contribution in [2.45, 2.75) is 6.17 Å². The van der Waals surface area contributed by atoms with E-state index >= 15 is 0 Å². The summed E-state index contributed by atoms with van der Waals surface area (Å²) in [5.74, 6) is 0. The zero-order chi connectivity index (χ0) is 9.26. The fourth-order valence-corrected chi connectivity index (χ4v) is 2.84. The number of thiol groups is 1. The topological polar surface area (TPSA) is 44.7 Å². The Morgan fingerprint density at radius 1 is 1.62 bits per heavy atom. The van der Waals surface area contributed by atoms with Gasteiger partial charge in [0.05, 0.1) is 0 Å². The molecule has 0 aromatic rings. The molecule has 2 heterocycles. The average Bonchev–Trinajstić information content (AvgIpc) is 2.72. The Balaban J connectivity index is 2.13. The maximum absolute atomic E-state index is 10.6. The van der Waals surface area contributed by atoms with Crippen LogP contribution in [0.1, 0.15) is 0 Å². The molecule has 0 saturated carbocycles. The summed E-state index contributed by atoms with van der Waals surface area (Å²) in [6.07, 6.45) is 4.59. The molecule has 0 aromatic carbocycles. The molecule has 13 heavy (non-hydrogen) atoms. The number of likely N-dealkylation sites (N-methyl/N-ethyl adjacent to an activating group) is 1. The summed E-state index contributed by atoms with van der Waals surface area (Å²) in [5.41, 5.74) is 2.78. The number of nitrogens with one attached hydrogen (secondary N) is 1. The Bertz CT molecular complexity index is 299. The van der Waals surface area contributed by atoms with Gasteiger partial charge in [-0.15, -0.1) is 0 Å². The van der Waals surface area contributed by atoms with Crippen LogP contribution in [0.15, 0.2) is 28.1 Å². The number of rotatable bonds is 1. The minimum Gasteiger partial charge on any atom is -0.326 e. The minimum atomic E-state index is -0.425. The lowest BCUT2D eigenvalue weighted by Crippen LogP contribution is -2.37. The first-order valence-corrected chi connectivity index (χ1v) is 5.45. The van der Waals surface area contributed by atoms with Crippen LogP contribution in [-0.4, -0.2) is 29.6 Å². The van der Waals surface area contributed by atoms with Crippen molar-refractivity contribution < 1.29 is 4.79 Å². The van der Waals surface area contributed by atoms with Gasteiger partial charge in [-0.05, 0) is 10.8 Å². The number of nitrogens with zero attached hydrogens (tertiary/aromatic N) is 2. The van der Waals surface area contributed by atoms with E-state index in [2.05, 4.69) is 21.3 Å². The first kappa shape index (κ1) is 8.37. The quantitative estimate of drug-likeness (QED) is 0.471. The molecule has 0 saturated heterocycles. The highest BCUT2D eigenvalue weighted by Crippen LogP contribution is 2.36. The van der Waals surface area contributed by atoms with Gasteiger partial charge in [0.25, 0.3) is 0 Å². The van der Waals surface area contributed by atoms with E-state index in [1.807, 2.05) is 24.1 Å². The van der Waals surface area contributed by atoms with Crippen LogP contribution < -0.4 is 5.43 Å². The summed E-state index contributed by atoms with van der Waals surface area (Å²) in [4.78, 5) is 12.4. The van der Waals surface area contributed by atoms with E-state index in [-0.39, 0.29) is 6.17 Å². The largest absolute Gasteiger partial charge is 0.326 e. The number of carbonyl (C=O) groups is 1. The number of allylic oxidation sites excluding steroid dienone is 2. The predicted octanol–water partition coefficient (Wildman–Crippen LogP) is 0.360. The van der Waals surface area contributed by atoms with Gasteiger partial charge in [0, 0.05) is 7.05 Å². The molecule has 0 fully saturated rings. The highest BCUT2D eigenvalue weighted by Gasteiger charge is 2.26. The highest BCUT2D eigenvalue weighted by molar-refractivity contribution is 8.34. The lowest BCUT2D eigenvalue weighted by atomic mass is 10.5. The molecule has 0 amide bonds. The van der Waals surface area contributed by atoms with E-state index in [1.54, 1.807) is 0 Å². The highest BCUT2D eigenvalue weighted by atomic mass is 32.2. The standard InChI is InChI=1S/C8H11N3OS/c1-11-7(6-12)9-10-8(11)13-4-2-3-5-13/h2-7,9,13H,1H3. The number of hydrazone groups is 1. The van der Waals surface area contributed by atoms with Crippen LogP contribution >= 0.6 is 10.9 Å². The fourth-order valence-electron chi connectivity index (χ4n) is 1.24. The van der Waals surface area contributed by atoms with Crippen molar-refractivity contribution in [3.05, 3.63) is 23.0 Å². The van der Waals surface area contributed by atoms with Crippen LogP contribution in [0.3, 0.4) is 0 Å². The summed E-state index contributed by atoms with van der Waals surface area (Å²) in [6, 6.07) is 0. The third-order valence-electron chi connectivity index (χ3n) is 1.99. The van der Waals surface area contributed by atoms with E-state index < -0.39 is 10.9 Å². The molecule has 0 bridgehead atoms. The Labute approximate surface area is 79.3 Å². The van der Waals surface area contributed by atoms with Crippen molar-refractivity contribution in [1.29, 1.82) is 0 Å². The monoisotopic (exact) mass is 197 g/mol. The van der Waals surface area contributed by atoms with Crippen LogP contribution in [0, 0.1) is 0 Å². The number of hydrogen-bond donors (Lipinski definition) is 2. The van der Waals surface area contributed by atoms with Crippen molar-refractivity contribution in [1.82, 2.24) is 10.3 Å². The smallest absolute Gasteiger partial charge is 0.173 e. The predicted molar refractivity (Wildman–Crippen MR) is 55.5 cm³/mol. The third-order valence-corrected chi connectivity index (χ3v) is 3.86. The van der Waals surface area contributed by atoms with Gasteiger partial charge in [0.15, 0.2) is 17.6 Å². The van der Waals surface area contributed by atoms with Crippen molar-refractivity contribution in [2.24, 2.45) is 5.10 Å². The molecule has 0 aliphatic carbocycles. The number of carbonyl (C=O) groups excluding carboxylic acids is 1. The molecule has 2 aliphatic rings. The van der Waals surface area contributed by atoms with Gasteiger partial charge >= 0.3 is 0 Å². The number of aldehydes is 1. The fraction of sp³-hybridized carbons (Fsp3) is 0.250. The van der Waals surface area contributed by atoms with Crippen molar-refractivity contribution in [3.8, 4) is 0 Å². The van der Waals surface area contributed by atoms with Crippen LogP contribution in [0.2, 0.25) is 0 Å². The van der Waals surface area contributed by atoms with E-state index in [0.717, 1.165) is 11.5 Å². The lowest BCUT2D eigenvalue weighted by molar-refractivity contribution is -0.111. The second-order valence-electron chi connectivity index (χ2n) is 2.82. The van der Waals surface area contributed by atoms with Gasteiger partial charge in [-0.25, -0.2) is 0 Å². The van der Waals surface area contributed by atoms with Gasteiger partial charge in [0.2, 0.25) is 0 Å². The van der Waals surface area contributed by atoms with Crippen molar-refractivity contribution >= 4 is 22.3 Å². The van der Waals surface area contributed by atoms with E-state index in [1.165, 1.54) is 0 Å². The van der Waals surface area contributed by atoms with Crippen LogP contribution in [0.25, 0.3) is 0 Å². The molecule has 2 rings (SSSR count). The van der Waals surface area contributed by atoms with Gasteiger partial charge in [-0.1, -0.05) is 12.2 Å². The number of amidine groups is 1. The first-order chi connectivity index (χ1) is 6.33. The maximum Gasteiger partial charge on any atom is 0.173 e.